The molecule has 0 spiro atoms. The van der Waals surface area contributed by atoms with Gasteiger partial charge in [0.1, 0.15) is 0 Å². The van der Waals surface area contributed by atoms with Crippen molar-refractivity contribution in [3.63, 3.8) is 0 Å². The van der Waals surface area contributed by atoms with Crippen LogP contribution in [0.15, 0.2) is 54.7 Å². The van der Waals surface area contributed by atoms with Gasteiger partial charge in [0.25, 0.3) is 0 Å². The molecule has 2 heterocycles. The third-order valence-corrected chi connectivity index (χ3v) is 5.18. The van der Waals surface area contributed by atoms with Crippen LogP contribution in [0.1, 0.15) is 25.8 Å². The lowest BCUT2D eigenvalue weighted by Gasteiger charge is -2.30. The van der Waals surface area contributed by atoms with Crippen molar-refractivity contribution >= 4 is 28.8 Å². The molecule has 1 aliphatic heterocycles. The van der Waals surface area contributed by atoms with Gasteiger partial charge in [-0.15, -0.1) is 5.10 Å². The summed E-state index contributed by atoms with van der Waals surface area (Å²) in [5.41, 5.74) is 4.74. The van der Waals surface area contributed by atoms with Crippen LogP contribution in [0.25, 0.3) is 0 Å². The SMILES string of the molecule is CCN(CC)c1ccc(Nc2nncc(N3CCCc4ccccc43)n2)cc1. The van der Waals surface area contributed by atoms with E-state index in [0.29, 0.717) is 5.95 Å². The fourth-order valence-corrected chi connectivity index (χ4v) is 3.72. The van der Waals surface area contributed by atoms with Crippen LogP contribution in [0, 0.1) is 0 Å². The van der Waals surface area contributed by atoms with Crippen LogP contribution in [0.4, 0.5) is 28.8 Å². The Morgan fingerprint density at radius 2 is 1.82 bits per heavy atom. The Labute approximate surface area is 166 Å². The molecule has 3 aromatic rings. The van der Waals surface area contributed by atoms with Gasteiger partial charge in [0.05, 0.1) is 6.20 Å². The third kappa shape index (κ3) is 3.76. The number of aromatic nitrogens is 3. The zero-order chi connectivity index (χ0) is 19.3. The highest BCUT2D eigenvalue weighted by Crippen LogP contribution is 2.32. The highest BCUT2D eigenvalue weighted by molar-refractivity contribution is 5.66. The van der Waals surface area contributed by atoms with Crippen molar-refractivity contribution < 1.29 is 0 Å². The Balaban J connectivity index is 1.54. The predicted octanol–water partition coefficient (Wildman–Crippen LogP) is 4.55. The molecular formula is C22H26N6. The monoisotopic (exact) mass is 374 g/mol. The van der Waals surface area contributed by atoms with Crippen molar-refractivity contribution in [1.29, 1.82) is 0 Å². The van der Waals surface area contributed by atoms with E-state index >= 15 is 0 Å². The van der Waals surface area contributed by atoms with E-state index in [-0.39, 0.29) is 0 Å². The fourth-order valence-electron chi connectivity index (χ4n) is 3.72. The van der Waals surface area contributed by atoms with Crippen LogP contribution in [0.2, 0.25) is 0 Å². The van der Waals surface area contributed by atoms with E-state index in [2.05, 4.69) is 87.7 Å². The van der Waals surface area contributed by atoms with Crippen LogP contribution in [-0.2, 0) is 6.42 Å². The molecule has 1 aromatic heterocycles. The maximum Gasteiger partial charge on any atom is 0.249 e. The molecule has 0 saturated carbocycles. The lowest BCUT2D eigenvalue weighted by atomic mass is 10.0. The molecule has 2 aromatic carbocycles. The summed E-state index contributed by atoms with van der Waals surface area (Å²) < 4.78 is 0. The molecule has 1 aliphatic rings. The summed E-state index contributed by atoms with van der Waals surface area (Å²) in [5.74, 6) is 1.33. The van der Waals surface area contributed by atoms with Crippen LogP contribution in [0.5, 0.6) is 0 Å². The lowest BCUT2D eigenvalue weighted by Crippen LogP contribution is -2.25. The zero-order valence-corrected chi connectivity index (χ0v) is 16.5. The summed E-state index contributed by atoms with van der Waals surface area (Å²) in [5, 5.41) is 11.6. The summed E-state index contributed by atoms with van der Waals surface area (Å²) in [6, 6.07) is 16.8. The van der Waals surface area contributed by atoms with Crippen LogP contribution in [0.3, 0.4) is 0 Å². The average Bonchev–Trinajstić information content (AvgIpc) is 2.75. The van der Waals surface area contributed by atoms with Gasteiger partial charge in [-0.1, -0.05) is 18.2 Å². The smallest absolute Gasteiger partial charge is 0.249 e. The fraction of sp³-hybridized carbons (Fsp3) is 0.318. The summed E-state index contributed by atoms with van der Waals surface area (Å²) in [6.07, 6.45) is 3.95. The van der Waals surface area contributed by atoms with Crippen molar-refractivity contribution in [3.05, 3.63) is 60.3 Å². The van der Waals surface area contributed by atoms with E-state index < -0.39 is 0 Å². The number of fused-ring (bicyclic) bond motifs is 1. The van der Waals surface area contributed by atoms with Gasteiger partial charge in [-0.3, -0.25) is 0 Å². The predicted molar refractivity (Wildman–Crippen MR) is 115 cm³/mol. The molecule has 0 atom stereocenters. The summed E-state index contributed by atoms with van der Waals surface area (Å²) >= 11 is 0. The van der Waals surface area contributed by atoms with Gasteiger partial charge in [0.15, 0.2) is 5.82 Å². The minimum Gasteiger partial charge on any atom is -0.372 e. The molecule has 4 rings (SSSR count). The highest BCUT2D eigenvalue weighted by Gasteiger charge is 2.19. The standard InChI is InChI=1S/C22H26N6/c1-3-27(4-2)19-13-11-18(12-14-19)24-22-25-21(16-23-26-22)28-15-7-9-17-8-5-6-10-20(17)28/h5-6,8,10-14,16H,3-4,7,9,15H2,1-2H3,(H,24,25,26). The Kier molecular flexibility index (Phi) is 5.37. The van der Waals surface area contributed by atoms with Crippen LogP contribution in [-0.4, -0.2) is 34.8 Å². The Hall–Kier alpha value is -3.15. The van der Waals surface area contributed by atoms with Gasteiger partial charge in [-0.05, 0) is 62.6 Å². The zero-order valence-electron chi connectivity index (χ0n) is 16.5. The first kappa shape index (κ1) is 18.2. The number of benzene rings is 2. The van der Waals surface area contributed by atoms with Crippen molar-refractivity contribution in [3.8, 4) is 0 Å². The molecule has 1 N–H and O–H groups in total. The molecule has 0 unspecified atom stereocenters. The molecule has 0 amide bonds. The number of nitrogens with zero attached hydrogens (tertiary/aromatic N) is 5. The van der Waals surface area contributed by atoms with Gasteiger partial charge in [0, 0.05) is 36.7 Å². The molecule has 0 radical (unpaired) electrons. The number of anilines is 5. The average molecular weight is 374 g/mol. The maximum absolute atomic E-state index is 4.71. The van der Waals surface area contributed by atoms with Gasteiger partial charge in [-0.25, -0.2) is 0 Å². The van der Waals surface area contributed by atoms with E-state index in [1.807, 2.05) is 0 Å². The van der Waals surface area contributed by atoms with E-state index in [9.17, 15) is 0 Å². The van der Waals surface area contributed by atoms with E-state index in [1.54, 1.807) is 6.20 Å². The van der Waals surface area contributed by atoms with Crippen LogP contribution >= 0.6 is 0 Å². The maximum atomic E-state index is 4.71. The lowest BCUT2D eigenvalue weighted by molar-refractivity contribution is 0.754. The summed E-state index contributed by atoms with van der Waals surface area (Å²) in [7, 11) is 0. The van der Waals surface area contributed by atoms with E-state index in [1.165, 1.54) is 16.9 Å². The molecule has 0 saturated heterocycles. The van der Waals surface area contributed by atoms with Crippen molar-refractivity contribution in [2.75, 3.05) is 34.8 Å². The molecule has 0 fully saturated rings. The van der Waals surface area contributed by atoms with Gasteiger partial charge >= 0.3 is 0 Å². The van der Waals surface area contributed by atoms with Crippen LogP contribution < -0.4 is 15.1 Å². The first-order chi connectivity index (χ1) is 13.8. The van der Waals surface area contributed by atoms with Crippen molar-refractivity contribution in [2.45, 2.75) is 26.7 Å². The number of nitrogens with one attached hydrogen (secondary N) is 1. The Bertz CT molecular complexity index is 920. The van der Waals surface area contributed by atoms with E-state index in [0.717, 1.165) is 44.0 Å². The second-order valence-corrected chi connectivity index (χ2v) is 6.87. The highest BCUT2D eigenvalue weighted by atomic mass is 15.3. The molecule has 6 heteroatoms. The second kappa shape index (κ2) is 8.25. The number of hydrogen-bond acceptors (Lipinski definition) is 6. The molecule has 28 heavy (non-hydrogen) atoms. The topological polar surface area (TPSA) is 57.2 Å². The van der Waals surface area contributed by atoms with Gasteiger partial charge < -0.3 is 15.1 Å². The summed E-state index contributed by atoms with van der Waals surface area (Å²) in [4.78, 5) is 9.25. The Morgan fingerprint density at radius 3 is 2.61 bits per heavy atom. The molecule has 6 nitrogen and oxygen atoms in total. The molecule has 0 aliphatic carbocycles. The minimum absolute atomic E-state index is 0.510. The number of hydrogen-bond donors (Lipinski definition) is 1. The quantitative estimate of drug-likeness (QED) is 0.683. The second-order valence-electron chi connectivity index (χ2n) is 6.87. The first-order valence-corrected chi connectivity index (χ1v) is 9.95. The number of rotatable bonds is 6. The van der Waals surface area contributed by atoms with E-state index in [4.69, 9.17) is 4.98 Å². The number of aryl methyl sites for hydroxylation is 1. The van der Waals surface area contributed by atoms with Crippen molar-refractivity contribution in [2.24, 2.45) is 0 Å². The van der Waals surface area contributed by atoms with Gasteiger partial charge in [0.2, 0.25) is 5.95 Å². The largest absolute Gasteiger partial charge is 0.372 e. The summed E-state index contributed by atoms with van der Waals surface area (Å²) in [6.45, 7) is 7.26. The minimum atomic E-state index is 0.510. The first-order valence-electron chi connectivity index (χ1n) is 9.95. The Morgan fingerprint density at radius 1 is 1.04 bits per heavy atom. The molecule has 144 valence electrons. The van der Waals surface area contributed by atoms with Crippen molar-refractivity contribution in [1.82, 2.24) is 15.2 Å². The third-order valence-electron chi connectivity index (χ3n) is 5.18. The molecule has 0 bridgehead atoms. The molecular weight excluding hydrogens is 348 g/mol. The number of para-hydroxylation sites is 1. The van der Waals surface area contributed by atoms with Gasteiger partial charge in [-0.2, -0.15) is 10.1 Å². The normalized spacial score (nSPS) is 13.1.